The van der Waals surface area contributed by atoms with E-state index >= 15 is 0 Å². The molecule has 2 heteroatoms. The molecule has 0 aliphatic carbocycles. The molecule has 2 rings (SSSR count). The fourth-order valence-electron chi connectivity index (χ4n) is 2.38. The highest BCUT2D eigenvalue weighted by atomic mass is 35.5. The molecule has 0 amide bonds. The monoisotopic (exact) mass is 274 g/mol. The maximum Gasteiger partial charge on any atom is 0.0844 e. The molecule has 0 radical (unpaired) electrons. The third kappa shape index (κ3) is 3.17. The summed E-state index contributed by atoms with van der Waals surface area (Å²) >= 11 is 6.21. The summed E-state index contributed by atoms with van der Waals surface area (Å²) in [6, 6.07) is 12.0. The highest BCUT2D eigenvalue weighted by molar-refractivity contribution is 6.31. The predicted molar refractivity (Wildman–Crippen MR) is 80.8 cm³/mol. The molecule has 0 spiro atoms. The van der Waals surface area contributed by atoms with Crippen molar-refractivity contribution in [1.82, 2.24) is 0 Å². The van der Waals surface area contributed by atoms with Gasteiger partial charge in [0, 0.05) is 11.4 Å². The second-order valence-electron chi connectivity index (χ2n) is 5.12. The third-order valence-electron chi connectivity index (χ3n) is 3.56. The summed E-state index contributed by atoms with van der Waals surface area (Å²) in [6.07, 6.45) is 0.0364. The lowest BCUT2D eigenvalue weighted by Gasteiger charge is -2.16. The first-order chi connectivity index (χ1) is 8.99. The summed E-state index contributed by atoms with van der Waals surface area (Å²) in [4.78, 5) is 0. The minimum atomic E-state index is -0.562. The molecule has 0 heterocycles. The summed E-state index contributed by atoms with van der Waals surface area (Å²) in [5.41, 5.74) is 5.53. The SMILES string of the molecule is Cc1ccc(C(O)Cc2c(C)cccc2C)c(Cl)c1. The molecule has 0 bridgehead atoms. The number of aliphatic hydroxyl groups is 1. The Balaban J connectivity index is 2.28. The van der Waals surface area contributed by atoms with Gasteiger partial charge in [-0.2, -0.15) is 0 Å². The Labute approximate surface area is 119 Å². The lowest BCUT2D eigenvalue weighted by atomic mass is 9.94. The van der Waals surface area contributed by atoms with Gasteiger partial charge in [0.1, 0.15) is 0 Å². The summed E-state index contributed by atoms with van der Waals surface area (Å²) in [7, 11) is 0. The van der Waals surface area contributed by atoms with Crippen molar-refractivity contribution >= 4 is 11.6 Å². The zero-order valence-corrected chi connectivity index (χ0v) is 12.3. The van der Waals surface area contributed by atoms with E-state index in [1.807, 2.05) is 31.2 Å². The van der Waals surface area contributed by atoms with Crippen LogP contribution in [0, 0.1) is 20.8 Å². The van der Waals surface area contributed by atoms with E-state index in [1.165, 1.54) is 16.7 Å². The van der Waals surface area contributed by atoms with Crippen LogP contribution in [0.15, 0.2) is 36.4 Å². The van der Waals surface area contributed by atoms with Gasteiger partial charge in [0.15, 0.2) is 0 Å². The van der Waals surface area contributed by atoms with Crippen LogP contribution in [0.1, 0.15) is 33.9 Å². The maximum atomic E-state index is 10.4. The minimum absolute atomic E-state index is 0.562. The standard InChI is InChI=1S/C17H19ClO/c1-11-7-8-14(16(18)9-11)17(19)10-15-12(2)5-4-6-13(15)3/h4-9,17,19H,10H2,1-3H3. The summed E-state index contributed by atoms with van der Waals surface area (Å²) in [5.74, 6) is 0. The van der Waals surface area contributed by atoms with Gasteiger partial charge in [-0.25, -0.2) is 0 Å². The molecular weight excluding hydrogens is 256 g/mol. The zero-order valence-electron chi connectivity index (χ0n) is 11.6. The molecule has 1 unspecified atom stereocenters. The number of hydrogen-bond donors (Lipinski definition) is 1. The van der Waals surface area contributed by atoms with Gasteiger partial charge in [0.25, 0.3) is 0 Å². The van der Waals surface area contributed by atoms with Gasteiger partial charge in [-0.1, -0.05) is 41.9 Å². The highest BCUT2D eigenvalue weighted by Gasteiger charge is 2.14. The van der Waals surface area contributed by atoms with E-state index in [0.29, 0.717) is 11.4 Å². The van der Waals surface area contributed by atoms with Crippen LogP contribution in [0.5, 0.6) is 0 Å². The van der Waals surface area contributed by atoms with Crippen LogP contribution in [-0.4, -0.2) is 5.11 Å². The fraction of sp³-hybridized carbons (Fsp3) is 0.294. The van der Waals surface area contributed by atoms with Crippen molar-refractivity contribution in [1.29, 1.82) is 0 Å². The number of halogens is 1. The fourth-order valence-corrected chi connectivity index (χ4v) is 2.74. The normalized spacial score (nSPS) is 12.5. The van der Waals surface area contributed by atoms with Gasteiger partial charge >= 0.3 is 0 Å². The van der Waals surface area contributed by atoms with E-state index in [-0.39, 0.29) is 0 Å². The van der Waals surface area contributed by atoms with Crippen LogP contribution in [0.2, 0.25) is 5.02 Å². The lowest BCUT2D eigenvalue weighted by Crippen LogP contribution is -2.05. The summed E-state index contributed by atoms with van der Waals surface area (Å²) < 4.78 is 0. The quantitative estimate of drug-likeness (QED) is 0.871. The second-order valence-corrected chi connectivity index (χ2v) is 5.52. The third-order valence-corrected chi connectivity index (χ3v) is 3.88. The van der Waals surface area contributed by atoms with Crippen LogP contribution in [-0.2, 0) is 6.42 Å². The first-order valence-electron chi connectivity index (χ1n) is 6.48. The second kappa shape index (κ2) is 5.77. The number of aryl methyl sites for hydroxylation is 3. The van der Waals surface area contributed by atoms with Crippen LogP contribution < -0.4 is 0 Å². The molecular formula is C17H19ClO. The van der Waals surface area contributed by atoms with Crippen LogP contribution >= 0.6 is 11.6 Å². The van der Waals surface area contributed by atoms with Crippen molar-refractivity contribution in [3.05, 3.63) is 69.2 Å². The van der Waals surface area contributed by atoms with Crippen molar-refractivity contribution in [3.63, 3.8) is 0 Å². The molecule has 1 nitrogen and oxygen atoms in total. The zero-order chi connectivity index (χ0) is 14.0. The van der Waals surface area contributed by atoms with Crippen molar-refractivity contribution in [2.24, 2.45) is 0 Å². The highest BCUT2D eigenvalue weighted by Crippen LogP contribution is 2.28. The summed E-state index contributed by atoms with van der Waals surface area (Å²) in [5, 5.41) is 11.0. The first kappa shape index (κ1) is 14.1. The van der Waals surface area contributed by atoms with Crippen molar-refractivity contribution < 1.29 is 5.11 Å². The van der Waals surface area contributed by atoms with Crippen LogP contribution in [0.3, 0.4) is 0 Å². The lowest BCUT2D eigenvalue weighted by molar-refractivity contribution is 0.178. The van der Waals surface area contributed by atoms with Crippen molar-refractivity contribution in [2.45, 2.75) is 33.3 Å². The Morgan fingerprint density at radius 2 is 1.68 bits per heavy atom. The number of aliphatic hydroxyl groups excluding tert-OH is 1. The van der Waals surface area contributed by atoms with Gasteiger partial charge in [-0.15, -0.1) is 0 Å². The molecule has 0 saturated carbocycles. The first-order valence-corrected chi connectivity index (χ1v) is 6.86. The van der Waals surface area contributed by atoms with E-state index < -0.39 is 6.10 Å². The number of rotatable bonds is 3. The topological polar surface area (TPSA) is 20.2 Å². The molecule has 0 aliphatic rings. The van der Waals surface area contributed by atoms with E-state index in [9.17, 15) is 5.11 Å². The van der Waals surface area contributed by atoms with Gasteiger partial charge in [-0.05, 0) is 54.7 Å². The maximum absolute atomic E-state index is 10.4. The largest absolute Gasteiger partial charge is 0.388 e. The molecule has 0 saturated heterocycles. The van der Waals surface area contributed by atoms with Gasteiger partial charge in [-0.3, -0.25) is 0 Å². The Morgan fingerprint density at radius 3 is 2.26 bits per heavy atom. The molecule has 0 aromatic heterocycles. The Hall–Kier alpha value is -1.31. The van der Waals surface area contributed by atoms with E-state index in [4.69, 9.17) is 11.6 Å². The van der Waals surface area contributed by atoms with Crippen LogP contribution in [0.4, 0.5) is 0 Å². The van der Waals surface area contributed by atoms with E-state index in [2.05, 4.69) is 26.0 Å². The Morgan fingerprint density at radius 1 is 1.05 bits per heavy atom. The van der Waals surface area contributed by atoms with E-state index in [1.54, 1.807) is 0 Å². The Kier molecular flexibility index (Phi) is 4.28. The number of benzene rings is 2. The predicted octanol–water partition coefficient (Wildman–Crippen LogP) is 4.54. The van der Waals surface area contributed by atoms with Crippen molar-refractivity contribution in [3.8, 4) is 0 Å². The molecule has 2 aromatic rings. The molecule has 0 aliphatic heterocycles. The molecule has 100 valence electrons. The van der Waals surface area contributed by atoms with Crippen LogP contribution in [0.25, 0.3) is 0 Å². The molecule has 19 heavy (non-hydrogen) atoms. The molecule has 1 atom stereocenters. The average Bonchev–Trinajstić information content (AvgIpc) is 2.33. The van der Waals surface area contributed by atoms with Gasteiger partial charge in [0.05, 0.1) is 6.10 Å². The minimum Gasteiger partial charge on any atom is -0.388 e. The van der Waals surface area contributed by atoms with Gasteiger partial charge < -0.3 is 5.11 Å². The molecule has 2 aromatic carbocycles. The Bertz CT molecular complexity index is 570. The molecule has 0 fully saturated rings. The van der Waals surface area contributed by atoms with Crippen molar-refractivity contribution in [2.75, 3.05) is 0 Å². The number of hydrogen-bond acceptors (Lipinski definition) is 1. The molecule has 1 N–H and O–H groups in total. The average molecular weight is 275 g/mol. The van der Waals surface area contributed by atoms with E-state index in [0.717, 1.165) is 11.1 Å². The summed E-state index contributed by atoms with van der Waals surface area (Å²) in [6.45, 7) is 6.14. The smallest absolute Gasteiger partial charge is 0.0844 e. The van der Waals surface area contributed by atoms with Gasteiger partial charge in [0.2, 0.25) is 0 Å².